The standard InChI is InChI=1S/C20H21N3O2/c1-14-4-2-5-16(10-14)23-13-22-18-11-15(7-8-19(18)23)20(24)21-12-17-6-3-9-25-17/h2,4-5,7-8,10-11,13,17H,3,6,9,12H2,1H3,(H,21,24)/t17-/m0/s1. The first-order valence-corrected chi connectivity index (χ1v) is 8.65. The van der Waals surface area contributed by atoms with Gasteiger partial charge in [0.05, 0.1) is 17.1 Å². The van der Waals surface area contributed by atoms with E-state index in [1.807, 2.05) is 28.8 Å². The second kappa shape index (κ2) is 6.69. The molecule has 0 bridgehead atoms. The lowest BCUT2D eigenvalue weighted by molar-refractivity contribution is 0.0858. The third-order valence-corrected chi connectivity index (χ3v) is 4.60. The van der Waals surface area contributed by atoms with Crippen LogP contribution in [0.4, 0.5) is 0 Å². The van der Waals surface area contributed by atoms with Crippen molar-refractivity contribution in [3.8, 4) is 5.69 Å². The molecule has 1 atom stereocenters. The maximum absolute atomic E-state index is 12.4. The Morgan fingerprint density at radius 1 is 1.32 bits per heavy atom. The maximum Gasteiger partial charge on any atom is 0.251 e. The van der Waals surface area contributed by atoms with Crippen LogP contribution in [0.25, 0.3) is 16.7 Å². The Morgan fingerprint density at radius 2 is 2.24 bits per heavy atom. The molecule has 0 spiro atoms. The topological polar surface area (TPSA) is 56.2 Å². The molecule has 0 unspecified atom stereocenters. The number of ether oxygens (including phenoxy) is 1. The van der Waals surface area contributed by atoms with Crippen molar-refractivity contribution in [2.75, 3.05) is 13.2 Å². The number of amides is 1. The molecular weight excluding hydrogens is 314 g/mol. The number of rotatable bonds is 4. The minimum Gasteiger partial charge on any atom is -0.376 e. The molecule has 2 heterocycles. The molecule has 128 valence electrons. The first-order valence-electron chi connectivity index (χ1n) is 8.65. The van der Waals surface area contributed by atoms with E-state index in [9.17, 15) is 4.79 Å². The highest BCUT2D eigenvalue weighted by Gasteiger charge is 2.17. The highest BCUT2D eigenvalue weighted by Crippen LogP contribution is 2.20. The van der Waals surface area contributed by atoms with Crippen LogP contribution >= 0.6 is 0 Å². The summed E-state index contributed by atoms with van der Waals surface area (Å²) in [6.07, 6.45) is 4.03. The van der Waals surface area contributed by atoms with Crippen LogP contribution in [0, 0.1) is 6.92 Å². The molecule has 5 heteroatoms. The van der Waals surface area contributed by atoms with Gasteiger partial charge < -0.3 is 10.1 Å². The van der Waals surface area contributed by atoms with Gasteiger partial charge in [0.2, 0.25) is 0 Å². The molecule has 25 heavy (non-hydrogen) atoms. The number of aryl methyl sites for hydroxylation is 1. The predicted molar refractivity (Wildman–Crippen MR) is 97.1 cm³/mol. The largest absolute Gasteiger partial charge is 0.376 e. The zero-order chi connectivity index (χ0) is 17.2. The van der Waals surface area contributed by atoms with E-state index in [2.05, 4.69) is 35.4 Å². The number of benzene rings is 2. The summed E-state index contributed by atoms with van der Waals surface area (Å²) in [6.45, 7) is 3.43. The number of fused-ring (bicyclic) bond motifs is 1. The lowest BCUT2D eigenvalue weighted by atomic mass is 10.1. The number of nitrogens with zero attached hydrogens (tertiary/aromatic N) is 2. The van der Waals surface area contributed by atoms with E-state index in [0.29, 0.717) is 12.1 Å². The third kappa shape index (κ3) is 3.28. The fourth-order valence-electron chi connectivity index (χ4n) is 3.25. The third-order valence-electron chi connectivity index (χ3n) is 4.60. The fourth-order valence-corrected chi connectivity index (χ4v) is 3.25. The van der Waals surface area contributed by atoms with Crippen molar-refractivity contribution in [2.24, 2.45) is 0 Å². The van der Waals surface area contributed by atoms with Gasteiger partial charge in [-0.1, -0.05) is 12.1 Å². The van der Waals surface area contributed by atoms with Crippen molar-refractivity contribution in [1.82, 2.24) is 14.9 Å². The van der Waals surface area contributed by atoms with Crippen molar-refractivity contribution in [3.63, 3.8) is 0 Å². The number of imidazole rings is 1. The summed E-state index contributed by atoms with van der Waals surface area (Å²) in [6, 6.07) is 13.9. The van der Waals surface area contributed by atoms with Crippen LogP contribution in [0.2, 0.25) is 0 Å². The van der Waals surface area contributed by atoms with Gasteiger partial charge in [-0.3, -0.25) is 9.36 Å². The van der Waals surface area contributed by atoms with Crippen molar-refractivity contribution < 1.29 is 9.53 Å². The zero-order valence-corrected chi connectivity index (χ0v) is 14.2. The Balaban J connectivity index is 1.55. The summed E-state index contributed by atoms with van der Waals surface area (Å²) in [5.74, 6) is -0.0810. The van der Waals surface area contributed by atoms with E-state index in [4.69, 9.17) is 4.74 Å². The van der Waals surface area contributed by atoms with Gasteiger partial charge in [-0.25, -0.2) is 4.98 Å². The number of nitrogens with one attached hydrogen (secondary N) is 1. The molecule has 1 amide bonds. The van der Waals surface area contributed by atoms with E-state index in [-0.39, 0.29) is 12.0 Å². The van der Waals surface area contributed by atoms with E-state index in [0.717, 1.165) is 36.2 Å². The van der Waals surface area contributed by atoms with Gasteiger partial charge in [-0.15, -0.1) is 0 Å². The number of carbonyl (C=O) groups is 1. The molecule has 1 fully saturated rings. The second-order valence-corrected chi connectivity index (χ2v) is 6.50. The number of aromatic nitrogens is 2. The SMILES string of the molecule is Cc1cccc(-n2cnc3cc(C(=O)NC[C@@H]4CCCO4)ccc32)c1. The van der Waals surface area contributed by atoms with Gasteiger partial charge in [0.25, 0.3) is 5.91 Å². The molecule has 0 saturated carbocycles. The van der Waals surface area contributed by atoms with E-state index >= 15 is 0 Å². The van der Waals surface area contributed by atoms with Gasteiger partial charge in [0.15, 0.2) is 0 Å². The highest BCUT2D eigenvalue weighted by atomic mass is 16.5. The number of carbonyl (C=O) groups excluding carboxylic acids is 1. The minimum atomic E-state index is -0.0810. The lowest BCUT2D eigenvalue weighted by Crippen LogP contribution is -2.31. The van der Waals surface area contributed by atoms with Crippen molar-refractivity contribution >= 4 is 16.9 Å². The van der Waals surface area contributed by atoms with Gasteiger partial charge in [0.1, 0.15) is 6.33 Å². The average molecular weight is 335 g/mol. The molecule has 3 aromatic rings. The quantitative estimate of drug-likeness (QED) is 0.796. The molecule has 1 aliphatic rings. The molecule has 2 aromatic carbocycles. The minimum absolute atomic E-state index is 0.0810. The summed E-state index contributed by atoms with van der Waals surface area (Å²) < 4.78 is 7.58. The molecule has 1 N–H and O–H groups in total. The lowest BCUT2D eigenvalue weighted by Gasteiger charge is -2.11. The molecule has 1 aromatic heterocycles. The van der Waals surface area contributed by atoms with Crippen LogP contribution in [0.1, 0.15) is 28.8 Å². The van der Waals surface area contributed by atoms with Crippen LogP contribution in [-0.4, -0.2) is 34.7 Å². The van der Waals surface area contributed by atoms with Crippen LogP contribution in [0.3, 0.4) is 0 Å². The molecule has 0 aliphatic carbocycles. The number of hydrogen-bond acceptors (Lipinski definition) is 3. The Bertz CT molecular complexity index is 910. The molecule has 1 saturated heterocycles. The van der Waals surface area contributed by atoms with Gasteiger partial charge in [-0.2, -0.15) is 0 Å². The summed E-state index contributed by atoms with van der Waals surface area (Å²) in [5, 5.41) is 2.95. The smallest absolute Gasteiger partial charge is 0.251 e. The molecule has 0 radical (unpaired) electrons. The Labute approximate surface area is 146 Å². The van der Waals surface area contributed by atoms with Gasteiger partial charge >= 0.3 is 0 Å². The van der Waals surface area contributed by atoms with Crippen LogP contribution in [-0.2, 0) is 4.74 Å². The van der Waals surface area contributed by atoms with Crippen LogP contribution in [0.15, 0.2) is 48.8 Å². The monoisotopic (exact) mass is 335 g/mol. The fraction of sp³-hybridized carbons (Fsp3) is 0.300. The van der Waals surface area contributed by atoms with Crippen molar-refractivity contribution in [2.45, 2.75) is 25.9 Å². The van der Waals surface area contributed by atoms with Crippen LogP contribution < -0.4 is 5.32 Å². The molecular formula is C20H21N3O2. The summed E-state index contributed by atoms with van der Waals surface area (Å²) in [5.41, 5.74) is 4.69. The van der Waals surface area contributed by atoms with Crippen molar-refractivity contribution in [3.05, 3.63) is 59.9 Å². The Hall–Kier alpha value is -2.66. The first kappa shape index (κ1) is 15.8. The summed E-state index contributed by atoms with van der Waals surface area (Å²) in [4.78, 5) is 16.8. The highest BCUT2D eigenvalue weighted by molar-refractivity contribution is 5.97. The first-order chi connectivity index (χ1) is 12.2. The Kier molecular flexibility index (Phi) is 4.24. The van der Waals surface area contributed by atoms with Crippen LogP contribution in [0.5, 0.6) is 0 Å². The Morgan fingerprint density at radius 3 is 3.04 bits per heavy atom. The maximum atomic E-state index is 12.4. The predicted octanol–water partition coefficient (Wildman–Crippen LogP) is 3.24. The molecule has 4 rings (SSSR count). The van der Waals surface area contributed by atoms with Gasteiger partial charge in [0, 0.05) is 24.4 Å². The average Bonchev–Trinajstić information content (AvgIpc) is 3.28. The summed E-state index contributed by atoms with van der Waals surface area (Å²) >= 11 is 0. The van der Waals surface area contributed by atoms with E-state index in [1.165, 1.54) is 5.56 Å². The van der Waals surface area contributed by atoms with E-state index in [1.54, 1.807) is 6.33 Å². The normalized spacial score (nSPS) is 17.1. The molecule has 1 aliphatic heterocycles. The number of hydrogen-bond donors (Lipinski definition) is 1. The second-order valence-electron chi connectivity index (χ2n) is 6.50. The van der Waals surface area contributed by atoms with Crippen molar-refractivity contribution in [1.29, 1.82) is 0 Å². The van der Waals surface area contributed by atoms with Gasteiger partial charge in [-0.05, 0) is 55.7 Å². The summed E-state index contributed by atoms with van der Waals surface area (Å²) in [7, 11) is 0. The van der Waals surface area contributed by atoms with E-state index < -0.39 is 0 Å². The molecule has 5 nitrogen and oxygen atoms in total. The zero-order valence-electron chi connectivity index (χ0n) is 14.2.